The first kappa shape index (κ1) is 19.6. The van der Waals surface area contributed by atoms with Crippen molar-refractivity contribution < 1.29 is 0 Å². The van der Waals surface area contributed by atoms with Crippen molar-refractivity contribution in [2.75, 3.05) is 11.5 Å². The van der Waals surface area contributed by atoms with Crippen LogP contribution >= 0.6 is 11.8 Å². The lowest BCUT2D eigenvalue weighted by Crippen LogP contribution is -2.35. The number of nitrogens with zero attached hydrogens (tertiary/aromatic N) is 5. The van der Waals surface area contributed by atoms with Gasteiger partial charge >= 0.3 is 0 Å². The summed E-state index contributed by atoms with van der Waals surface area (Å²) in [4.78, 5) is 30.4. The summed E-state index contributed by atoms with van der Waals surface area (Å²) in [5.41, 5.74) is 12.1. The molecule has 3 aromatic rings. The van der Waals surface area contributed by atoms with Crippen LogP contribution in [0, 0.1) is 11.8 Å². The first-order valence-corrected chi connectivity index (χ1v) is 10.8. The Morgan fingerprint density at radius 1 is 1.07 bits per heavy atom. The molecule has 0 unspecified atom stereocenters. The van der Waals surface area contributed by atoms with E-state index in [9.17, 15) is 4.79 Å². The standard InChI is InChI=1S/C20H25N7OS/c1-11-6-5-9-15(12(11)2)27-17(28)13-7-3-4-8-14(13)23-20(27)29-10-16-24-18(21)26-19(22)25-16/h3-4,7-8,11-12,15H,5-6,9-10H2,1-2H3,(H4,21,22,24,25,26)/t11-,12+,15+/m1/s1. The van der Waals surface area contributed by atoms with Gasteiger partial charge in [-0.05, 0) is 30.4 Å². The number of nitrogens with two attached hydrogens (primary N) is 2. The Balaban J connectivity index is 1.78. The number of anilines is 2. The fraction of sp³-hybridized carbons (Fsp3) is 0.450. The summed E-state index contributed by atoms with van der Waals surface area (Å²) in [5, 5.41) is 1.33. The van der Waals surface area contributed by atoms with Gasteiger partial charge in [0.1, 0.15) is 5.82 Å². The maximum Gasteiger partial charge on any atom is 0.262 e. The fourth-order valence-electron chi connectivity index (χ4n) is 4.09. The molecule has 0 spiro atoms. The zero-order valence-corrected chi connectivity index (χ0v) is 17.4. The lowest BCUT2D eigenvalue weighted by atomic mass is 9.78. The van der Waals surface area contributed by atoms with Crippen molar-refractivity contribution in [3.63, 3.8) is 0 Å². The third-order valence-electron chi connectivity index (χ3n) is 5.82. The van der Waals surface area contributed by atoms with Gasteiger partial charge in [-0.3, -0.25) is 9.36 Å². The van der Waals surface area contributed by atoms with E-state index in [0.29, 0.717) is 39.5 Å². The predicted molar refractivity (Wildman–Crippen MR) is 115 cm³/mol. The van der Waals surface area contributed by atoms with Crippen LogP contribution in [0.5, 0.6) is 0 Å². The minimum Gasteiger partial charge on any atom is -0.368 e. The molecule has 1 fully saturated rings. The van der Waals surface area contributed by atoms with Gasteiger partial charge in [0.05, 0.1) is 16.7 Å². The molecule has 0 radical (unpaired) electrons. The van der Waals surface area contributed by atoms with Crippen molar-refractivity contribution in [3.8, 4) is 0 Å². The average Bonchev–Trinajstić information content (AvgIpc) is 2.68. The molecule has 1 aliphatic carbocycles. The Morgan fingerprint density at radius 2 is 1.79 bits per heavy atom. The van der Waals surface area contributed by atoms with Crippen molar-refractivity contribution in [2.24, 2.45) is 11.8 Å². The Kier molecular flexibility index (Phi) is 5.40. The molecule has 0 amide bonds. The Hall–Kier alpha value is -2.68. The van der Waals surface area contributed by atoms with Crippen LogP contribution in [-0.4, -0.2) is 24.5 Å². The first-order valence-electron chi connectivity index (χ1n) is 9.84. The van der Waals surface area contributed by atoms with Gasteiger partial charge in [-0.25, -0.2) is 4.98 Å². The van der Waals surface area contributed by atoms with Crippen LogP contribution in [0.1, 0.15) is 45.0 Å². The van der Waals surface area contributed by atoms with E-state index < -0.39 is 0 Å². The molecule has 4 rings (SSSR count). The number of hydrogen-bond acceptors (Lipinski definition) is 8. The van der Waals surface area contributed by atoms with Gasteiger partial charge in [0.25, 0.3) is 5.56 Å². The predicted octanol–water partition coefficient (Wildman–Crippen LogP) is 3.04. The van der Waals surface area contributed by atoms with Crippen molar-refractivity contribution in [3.05, 3.63) is 40.4 Å². The molecule has 2 aromatic heterocycles. The van der Waals surface area contributed by atoms with E-state index >= 15 is 0 Å². The highest BCUT2D eigenvalue weighted by atomic mass is 32.2. The molecule has 29 heavy (non-hydrogen) atoms. The number of rotatable bonds is 4. The van der Waals surface area contributed by atoms with Crippen LogP contribution in [-0.2, 0) is 5.75 Å². The summed E-state index contributed by atoms with van der Waals surface area (Å²) in [7, 11) is 0. The Labute approximate surface area is 173 Å². The van der Waals surface area contributed by atoms with E-state index in [1.807, 2.05) is 28.8 Å². The lowest BCUT2D eigenvalue weighted by Gasteiger charge is -2.36. The second kappa shape index (κ2) is 7.98. The molecule has 4 N–H and O–H groups in total. The van der Waals surface area contributed by atoms with Crippen molar-refractivity contribution in [1.29, 1.82) is 0 Å². The van der Waals surface area contributed by atoms with E-state index in [2.05, 4.69) is 28.8 Å². The third-order valence-corrected chi connectivity index (χ3v) is 6.77. The fourth-order valence-corrected chi connectivity index (χ4v) is 5.00. The molecule has 0 bridgehead atoms. The summed E-state index contributed by atoms with van der Waals surface area (Å²) in [5.74, 6) is 2.01. The summed E-state index contributed by atoms with van der Waals surface area (Å²) in [6, 6.07) is 7.62. The summed E-state index contributed by atoms with van der Waals surface area (Å²) in [6.45, 7) is 4.50. The van der Waals surface area contributed by atoms with Gasteiger partial charge in [0.15, 0.2) is 5.16 Å². The minimum atomic E-state index is 0.0127. The average molecular weight is 412 g/mol. The molecule has 0 aliphatic heterocycles. The number of hydrogen-bond donors (Lipinski definition) is 2. The van der Waals surface area contributed by atoms with Crippen LogP contribution in [0.3, 0.4) is 0 Å². The number of thioether (sulfide) groups is 1. The van der Waals surface area contributed by atoms with Gasteiger partial charge in [-0.2, -0.15) is 15.0 Å². The van der Waals surface area contributed by atoms with E-state index in [-0.39, 0.29) is 23.5 Å². The zero-order chi connectivity index (χ0) is 20.5. The van der Waals surface area contributed by atoms with Gasteiger partial charge in [-0.1, -0.05) is 50.6 Å². The second-order valence-electron chi connectivity index (χ2n) is 7.68. The maximum atomic E-state index is 13.4. The van der Waals surface area contributed by atoms with Gasteiger partial charge < -0.3 is 11.5 Å². The molecular formula is C20H25N7OS. The van der Waals surface area contributed by atoms with Gasteiger partial charge in [0.2, 0.25) is 11.9 Å². The SMILES string of the molecule is C[C@H]1[C@H](C)CCC[C@@H]1n1c(SCc2nc(N)nc(N)n2)nc2ccccc2c1=O. The minimum absolute atomic E-state index is 0.0127. The van der Waals surface area contributed by atoms with Crippen LogP contribution < -0.4 is 17.0 Å². The second-order valence-corrected chi connectivity index (χ2v) is 8.62. The Morgan fingerprint density at radius 3 is 2.55 bits per heavy atom. The highest BCUT2D eigenvalue weighted by molar-refractivity contribution is 7.98. The molecule has 3 atom stereocenters. The van der Waals surface area contributed by atoms with E-state index in [0.717, 1.165) is 12.8 Å². The highest BCUT2D eigenvalue weighted by Crippen LogP contribution is 2.39. The molecule has 1 saturated carbocycles. The van der Waals surface area contributed by atoms with Crippen molar-refractivity contribution in [2.45, 2.75) is 50.1 Å². The molecule has 0 saturated heterocycles. The van der Waals surface area contributed by atoms with Crippen molar-refractivity contribution in [1.82, 2.24) is 24.5 Å². The number of benzene rings is 1. The van der Waals surface area contributed by atoms with Crippen LogP contribution in [0.4, 0.5) is 11.9 Å². The number of aromatic nitrogens is 5. The molecule has 1 aromatic carbocycles. The Bertz CT molecular complexity index is 1080. The highest BCUT2D eigenvalue weighted by Gasteiger charge is 2.31. The molecule has 1 aliphatic rings. The smallest absolute Gasteiger partial charge is 0.262 e. The first-order chi connectivity index (χ1) is 13.9. The van der Waals surface area contributed by atoms with Crippen LogP contribution in [0.15, 0.2) is 34.2 Å². The maximum absolute atomic E-state index is 13.4. The quantitative estimate of drug-likeness (QED) is 0.495. The molecule has 9 heteroatoms. The van der Waals surface area contributed by atoms with Gasteiger partial charge in [-0.15, -0.1) is 0 Å². The van der Waals surface area contributed by atoms with Crippen molar-refractivity contribution >= 4 is 34.6 Å². The zero-order valence-electron chi connectivity index (χ0n) is 16.6. The normalized spacial score (nSPS) is 22.1. The van der Waals surface area contributed by atoms with E-state index in [4.69, 9.17) is 16.5 Å². The van der Waals surface area contributed by atoms with E-state index in [1.54, 1.807) is 0 Å². The summed E-state index contributed by atoms with van der Waals surface area (Å²) >= 11 is 1.43. The number of nitrogen functional groups attached to an aromatic ring is 2. The molecular weight excluding hydrogens is 386 g/mol. The summed E-state index contributed by atoms with van der Waals surface area (Å²) < 4.78 is 1.89. The molecule has 8 nitrogen and oxygen atoms in total. The lowest BCUT2D eigenvalue weighted by molar-refractivity contribution is 0.173. The van der Waals surface area contributed by atoms with Crippen LogP contribution in [0.2, 0.25) is 0 Å². The van der Waals surface area contributed by atoms with Gasteiger partial charge in [0, 0.05) is 6.04 Å². The monoisotopic (exact) mass is 411 g/mol. The van der Waals surface area contributed by atoms with E-state index in [1.165, 1.54) is 18.2 Å². The van der Waals surface area contributed by atoms with Crippen LogP contribution in [0.25, 0.3) is 10.9 Å². The molecule has 152 valence electrons. The largest absolute Gasteiger partial charge is 0.368 e. The number of para-hydroxylation sites is 1. The molecule has 2 heterocycles. The summed E-state index contributed by atoms with van der Waals surface area (Å²) in [6.07, 6.45) is 3.28. The topological polar surface area (TPSA) is 126 Å². The number of fused-ring (bicyclic) bond motifs is 1. The third kappa shape index (κ3) is 3.91.